The van der Waals surface area contributed by atoms with Gasteiger partial charge in [-0.15, -0.1) is 0 Å². The summed E-state index contributed by atoms with van der Waals surface area (Å²) in [6.45, 7) is 0. The van der Waals surface area contributed by atoms with Crippen LogP contribution in [0.1, 0.15) is 0 Å². The lowest BCUT2D eigenvalue weighted by Gasteiger charge is -2.13. The molecule has 0 atom stereocenters. The standard InChI is InChI=1S/C10H10Cl3NO3/c1-16-7-3-6(4-8(5-7)17-2)14-9(15)10(11,12)13/h3-5H,1-2H3,(H,14,15). The third-order valence-electron chi connectivity index (χ3n) is 1.87. The van der Waals surface area contributed by atoms with Gasteiger partial charge in [-0.25, -0.2) is 0 Å². The van der Waals surface area contributed by atoms with Crippen molar-refractivity contribution in [2.24, 2.45) is 0 Å². The van der Waals surface area contributed by atoms with Gasteiger partial charge in [-0.1, -0.05) is 34.8 Å². The first-order chi connectivity index (χ1) is 7.86. The summed E-state index contributed by atoms with van der Waals surface area (Å²) in [6.07, 6.45) is 0. The quantitative estimate of drug-likeness (QED) is 0.873. The number of benzene rings is 1. The molecule has 0 bridgehead atoms. The zero-order chi connectivity index (χ0) is 13.1. The Labute approximate surface area is 114 Å². The Kier molecular flexibility index (Phi) is 4.74. The summed E-state index contributed by atoms with van der Waals surface area (Å²) >= 11 is 16.3. The first kappa shape index (κ1) is 14.2. The van der Waals surface area contributed by atoms with Gasteiger partial charge in [0.15, 0.2) is 0 Å². The van der Waals surface area contributed by atoms with Crippen molar-refractivity contribution in [3.8, 4) is 11.5 Å². The Morgan fingerprint density at radius 3 is 1.94 bits per heavy atom. The van der Waals surface area contributed by atoms with Crippen LogP contribution in [0.25, 0.3) is 0 Å². The van der Waals surface area contributed by atoms with E-state index >= 15 is 0 Å². The minimum atomic E-state index is -2.02. The molecule has 0 aliphatic rings. The molecule has 0 saturated heterocycles. The summed E-state index contributed by atoms with van der Waals surface area (Å²) in [4.78, 5) is 11.4. The van der Waals surface area contributed by atoms with Gasteiger partial charge in [-0.05, 0) is 0 Å². The monoisotopic (exact) mass is 297 g/mol. The molecule has 0 aliphatic heterocycles. The van der Waals surface area contributed by atoms with E-state index < -0.39 is 9.70 Å². The Balaban J connectivity index is 2.94. The van der Waals surface area contributed by atoms with Gasteiger partial charge in [0, 0.05) is 23.9 Å². The highest BCUT2D eigenvalue weighted by atomic mass is 35.6. The minimum absolute atomic E-state index is 0.414. The number of anilines is 1. The van der Waals surface area contributed by atoms with Crippen molar-refractivity contribution in [2.45, 2.75) is 3.79 Å². The first-order valence-electron chi connectivity index (χ1n) is 4.48. The zero-order valence-corrected chi connectivity index (χ0v) is 11.4. The number of halogens is 3. The van der Waals surface area contributed by atoms with Crippen molar-refractivity contribution < 1.29 is 14.3 Å². The lowest BCUT2D eigenvalue weighted by Crippen LogP contribution is -2.26. The summed E-state index contributed by atoms with van der Waals surface area (Å²) in [5.74, 6) is 0.283. The number of carbonyl (C=O) groups is 1. The van der Waals surface area contributed by atoms with Gasteiger partial charge in [0.05, 0.1) is 14.2 Å². The molecule has 7 heteroatoms. The Hall–Kier alpha value is -0.840. The van der Waals surface area contributed by atoms with Crippen LogP contribution in [0.15, 0.2) is 18.2 Å². The topological polar surface area (TPSA) is 47.6 Å². The molecule has 1 aromatic rings. The van der Waals surface area contributed by atoms with E-state index in [2.05, 4.69) is 5.32 Å². The van der Waals surface area contributed by atoms with Crippen LogP contribution in [0.5, 0.6) is 11.5 Å². The largest absolute Gasteiger partial charge is 0.497 e. The van der Waals surface area contributed by atoms with Gasteiger partial charge >= 0.3 is 0 Å². The Bertz CT molecular complexity index is 395. The summed E-state index contributed by atoms with van der Waals surface area (Å²) < 4.78 is 8.05. The van der Waals surface area contributed by atoms with Gasteiger partial charge in [0.25, 0.3) is 9.70 Å². The number of hydrogen-bond acceptors (Lipinski definition) is 3. The van der Waals surface area contributed by atoms with Crippen LogP contribution in [-0.2, 0) is 4.79 Å². The molecule has 1 amide bonds. The second-order valence-corrected chi connectivity index (χ2v) is 5.33. The molecular weight excluding hydrogens is 288 g/mol. The maximum Gasteiger partial charge on any atom is 0.276 e. The normalized spacial score (nSPS) is 10.9. The third kappa shape index (κ3) is 4.15. The van der Waals surface area contributed by atoms with Crippen molar-refractivity contribution in [1.29, 1.82) is 0 Å². The maximum absolute atomic E-state index is 11.4. The molecule has 0 aromatic heterocycles. The van der Waals surface area contributed by atoms with E-state index in [1.54, 1.807) is 18.2 Å². The van der Waals surface area contributed by atoms with Crippen LogP contribution in [0, 0.1) is 0 Å². The Morgan fingerprint density at radius 2 is 1.59 bits per heavy atom. The molecule has 1 N–H and O–H groups in total. The predicted octanol–water partition coefficient (Wildman–Crippen LogP) is 3.01. The Morgan fingerprint density at radius 1 is 1.12 bits per heavy atom. The zero-order valence-electron chi connectivity index (χ0n) is 9.09. The van der Waals surface area contributed by atoms with E-state index in [0.29, 0.717) is 17.2 Å². The average Bonchev–Trinajstić information content (AvgIpc) is 2.27. The number of alkyl halides is 3. The summed E-state index contributed by atoms with van der Waals surface area (Å²) in [6, 6.07) is 4.82. The molecule has 0 aliphatic carbocycles. The van der Waals surface area contributed by atoms with Crippen LogP contribution in [0.3, 0.4) is 0 Å². The maximum atomic E-state index is 11.4. The van der Waals surface area contributed by atoms with Crippen LogP contribution in [0.2, 0.25) is 0 Å². The lowest BCUT2D eigenvalue weighted by molar-refractivity contribution is -0.115. The van der Waals surface area contributed by atoms with Gasteiger partial charge in [0.2, 0.25) is 0 Å². The lowest BCUT2D eigenvalue weighted by atomic mass is 10.2. The molecule has 0 unspecified atom stereocenters. The number of carbonyl (C=O) groups excluding carboxylic acids is 1. The van der Waals surface area contributed by atoms with Crippen LogP contribution < -0.4 is 14.8 Å². The van der Waals surface area contributed by atoms with Gasteiger partial charge in [0.1, 0.15) is 11.5 Å². The molecule has 0 fully saturated rings. The molecule has 0 radical (unpaired) electrons. The fourth-order valence-electron chi connectivity index (χ4n) is 1.08. The van der Waals surface area contributed by atoms with Crippen LogP contribution in [0.4, 0.5) is 5.69 Å². The molecule has 1 aromatic carbocycles. The fourth-order valence-corrected chi connectivity index (χ4v) is 1.22. The molecule has 17 heavy (non-hydrogen) atoms. The SMILES string of the molecule is COc1cc(NC(=O)C(Cl)(Cl)Cl)cc(OC)c1. The van der Waals surface area contributed by atoms with E-state index in [4.69, 9.17) is 44.3 Å². The van der Waals surface area contributed by atoms with E-state index in [9.17, 15) is 4.79 Å². The number of nitrogens with one attached hydrogen (secondary N) is 1. The molecule has 94 valence electrons. The predicted molar refractivity (Wildman–Crippen MR) is 68.5 cm³/mol. The summed E-state index contributed by atoms with van der Waals surface area (Å²) in [5, 5.41) is 2.44. The second kappa shape index (κ2) is 5.67. The van der Waals surface area contributed by atoms with Gasteiger partial charge in [-0.2, -0.15) is 0 Å². The highest BCUT2D eigenvalue weighted by Crippen LogP contribution is 2.30. The molecule has 0 saturated carbocycles. The van der Waals surface area contributed by atoms with Crippen molar-refractivity contribution in [2.75, 3.05) is 19.5 Å². The van der Waals surface area contributed by atoms with Crippen LogP contribution in [-0.4, -0.2) is 23.9 Å². The van der Waals surface area contributed by atoms with E-state index in [1.807, 2.05) is 0 Å². The minimum Gasteiger partial charge on any atom is -0.497 e. The van der Waals surface area contributed by atoms with Crippen molar-refractivity contribution in [3.63, 3.8) is 0 Å². The van der Waals surface area contributed by atoms with Gasteiger partial charge < -0.3 is 14.8 Å². The molecule has 1 rings (SSSR count). The van der Waals surface area contributed by atoms with Crippen molar-refractivity contribution >= 4 is 46.4 Å². The molecule has 4 nitrogen and oxygen atoms in total. The highest BCUT2D eigenvalue weighted by Gasteiger charge is 2.30. The van der Waals surface area contributed by atoms with E-state index in [0.717, 1.165) is 0 Å². The third-order valence-corrected chi connectivity index (χ3v) is 2.38. The number of ether oxygens (including phenoxy) is 2. The first-order valence-corrected chi connectivity index (χ1v) is 5.61. The van der Waals surface area contributed by atoms with E-state index in [-0.39, 0.29) is 0 Å². The fraction of sp³-hybridized carbons (Fsp3) is 0.300. The molecule has 0 spiro atoms. The number of methoxy groups -OCH3 is 2. The molecule has 0 heterocycles. The average molecular weight is 299 g/mol. The van der Waals surface area contributed by atoms with Crippen LogP contribution >= 0.6 is 34.8 Å². The van der Waals surface area contributed by atoms with E-state index in [1.165, 1.54) is 14.2 Å². The second-order valence-electron chi connectivity index (χ2n) is 3.05. The molecular formula is C10H10Cl3NO3. The number of amides is 1. The smallest absolute Gasteiger partial charge is 0.276 e. The number of rotatable bonds is 3. The van der Waals surface area contributed by atoms with Crippen molar-refractivity contribution in [1.82, 2.24) is 0 Å². The summed E-state index contributed by atoms with van der Waals surface area (Å²) in [7, 11) is 2.99. The highest BCUT2D eigenvalue weighted by molar-refractivity contribution is 6.76. The van der Waals surface area contributed by atoms with Crippen molar-refractivity contribution in [3.05, 3.63) is 18.2 Å². The summed E-state index contributed by atoms with van der Waals surface area (Å²) in [5.41, 5.74) is 0.414. The number of hydrogen-bond donors (Lipinski definition) is 1. The van der Waals surface area contributed by atoms with Gasteiger partial charge in [-0.3, -0.25) is 4.79 Å².